The Morgan fingerprint density at radius 1 is 1.60 bits per heavy atom. The molecule has 2 atom stereocenters. The smallest absolute Gasteiger partial charge is 0.329 e. The fourth-order valence-electron chi connectivity index (χ4n) is 1.51. The van der Waals surface area contributed by atoms with Crippen LogP contribution in [0, 0.1) is 0 Å². The summed E-state index contributed by atoms with van der Waals surface area (Å²) in [6.07, 6.45) is 0. The summed E-state index contributed by atoms with van der Waals surface area (Å²) in [6, 6.07) is -1.10. The third-order valence-electron chi connectivity index (χ3n) is 2.38. The fraction of sp³-hybridized carbons (Fsp3) is 0.583. The summed E-state index contributed by atoms with van der Waals surface area (Å²) >= 11 is 2.50. The Kier molecular flexibility index (Phi) is 6.94. The van der Waals surface area contributed by atoms with Gasteiger partial charge in [-0.25, -0.2) is 4.79 Å². The molecule has 0 saturated carbocycles. The molecule has 20 heavy (non-hydrogen) atoms. The van der Waals surface area contributed by atoms with E-state index in [1.165, 1.54) is 18.7 Å². The number of carbonyl (C=O) groups is 3. The van der Waals surface area contributed by atoms with Gasteiger partial charge in [-0.15, -0.1) is 11.8 Å². The zero-order valence-corrected chi connectivity index (χ0v) is 13.1. The molecule has 1 amide bonds. The number of amides is 1. The molecule has 112 valence electrons. The molecule has 1 aliphatic rings. The Bertz CT molecular complexity index is 414. The van der Waals surface area contributed by atoms with Gasteiger partial charge in [-0.1, -0.05) is 18.3 Å². The standard InChI is InChI=1S/C12H18N2O4S2/c1-4-18-11(16)9(13-7(2)15)5-20-12(17)10-6-19-8(3)14-10/h9-10,14H,3-6H2,1-2H3,(H,13,15)/t9-,10?/m0/s1. The first kappa shape index (κ1) is 16.9. The van der Waals surface area contributed by atoms with Crippen molar-refractivity contribution in [2.75, 3.05) is 18.1 Å². The van der Waals surface area contributed by atoms with Crippen LogP contribution < -0.4 is 10.6 Å². The molecule has 0 radical (unpaired) electrons. The van der Waals surface area contributed by atoms with Crippen molar-refractivity contribution < 1.29 is 19.1 Å². The van der Waals surface area contributed by atoms with Crippen LogP contribution in [0.15, 0.2) is 11.6 Å². The van der Waals surface area contributed by atoms with Crippen LogP contribution in [0.5, 0.6) is 0 Å². The molecule has 0 aromatic heterocycles. The van der Waals surface area contributed by atoms with Crippen molar-refractivity contribution in [1.29, 1.82) is 0 Å². The van der Waals surface area contributed by atoms with Crippen molar-refractivity contribution in [2.24, 2.45) is 0 Å². The Morgan fingerprint density at radius 3 is 2.80 bits per heavy atom. The van der Waals surface area contributed by atoms with E-state index < -0.39 is 12.0 Å². The number of nitrogens with one attached hydrogen (secondary N) is 2. The van der Waals surface area contributed by atoms with Crippen LogP contribution in [0.25, 0.3) is 0 Å². The molecule has 1 fully saturated rings. The summed E-state index contributed by atoms with van der Waals surface area (Å²) in [6.45, 7) is 6.97. The lowest BCUT2D eigenvalue weighted by Gasteiger charge is -2.16. The van der Waals surface area contributed by atoms with Crippen LogP contribution in [-0.2, 0) is 19.1 Å². The molecule has 1 saturated heterocycles. The van der Waals surface area contributed by atoms with Crippen molar-refractivity contribution in [3.8, 4) is 0 Å². The van der Waals surface area contributed by atoms with Gasteiger partial charge in [0.25, 0.3) is 0 Å². The molecule has 0 aliphatic carbocycles. The monoisotopic (exact) mass is 318 g/mol. The van der Waals surface area contributed by atoms with E-state index in [9.17, 15) is 14.4 Å². The van der Waals surface area contributed by atoms with Crippen molar-refractivity contribution >= 4 is 40.5 Å². The highest BCUT2D eigenvalue weighted by molar-refractivity contribution is 8.14. The van der Waals surface area contributed by atoms with E-state index in [1.54, 1.807) is 6.92 Å². The molecule has 0 spiro atoms. The van der Waals surface area contributed by atoms with Gasteiger partial charge in [0.1, 0.15) is 12.1 Å². The summed E-state index contributed by atoms with van der Waals surface area (Å²) < 4.78 is 4.87. The molecule has 1 heterocycles. The molecule has 1 unspecified atom stereocenters. The average molecular weight is 318 g/mol. The second-order valence-corrected chi connectivity index (χ2v) is 6.21. The first-order valence-corrected chi connectivity index (χ1v) is 8.09. The number of esters is 1. The van der Waals surface area contributed by atoms with Crippen LogP contribution in [0.3, 0.4) is 0 Å². The predicted molar refractivity (Wildman–Crippen MR) is 80.2 cm³/mol. The van der Waals surface area contributed by atoms with Gasteiger partial charge in [-0.05, 0) is 6.92 Å². The quantitative estimate of drug-likeness (QED) is 0.689. The van der Waals surface area contributed by atoms with Crippen molar-refractivity contribution in [3.63, 3.8) is 0 Å². The lowest BCUT2D eigenvalue weighted by molar-refractivity contribution is -0.146. The van der Waals surface area contributed by atoms with Gasteiger partial charge >= 0.3 is 5.97 Å². The van der Waals surface area contributed by atoms with Crippen molar-refractivity contribution in [1.82, 2.24) is 10.6 Å². The van der Waals surface area contributed by atoms with E-state index in [1.807, 2.05) is 0 Å². The maximum Gasteiger partial charge on any atom is 0.329 e. The van der Waals surface area contributed by atoms with Crippen LogP contribution in [0.2, 0.25) is 0 Å². The summed E-state index contributed by atoms with van der Waals surface area (Å²) in [4.78, 5) is 34.7. The number of hydrogen-bond donors (Lipinski definition) is 2. The largest absolute Gasteiger partial charge is 0.464 e. The Labute approximate surface area is 126 Å². The first-order chi connectivity index (χ1) is 9.43. The molecule has 0 aromatic rings. The van der Waals surface area contributed by atoms with E-state index >= 15 is 0 Å². The average Bonchev–Trinajstić information content (AvgIpc) is 2.80. The van der Waals surface area contributed by atoms with Gasteiger partial charge < -0.3 is 15.4 Å². The second kappa shape index (κ2) is 8.21. The van der Waals surface area contributed by atoms with Gasteiger partial charge in [0.05, 0.1) is 11.6 Å². The Morgan fingerprint density at radius 2 is 2.30 bits per heavy atom. The summed E-state index contributed by atoms with van der Waals surface area (Å²) in [5, 5.41) is 6.15. The summed E-state index contributed by atoms with van der Waals surface area (Å²) in [5.74, 6) is -0.0678. The van der Waals surface area contributed by atoms with Gasteiger partial charge in [-0.3, -0.25) is 9.59 Å². The minimum absolute atomic E-state index is 0.0733. The summed E-state index contributed by atoms with van der Waals surface area (Å²) in [5.41, 5.74) is 0. The van der Waals surface area contributed by atoms with Gasteiger partial charge in [-0.2, -0.15) is 0 Å². The number of hydrogen-bond acceptors (Lipinski definition) is 7. The summed E-state index contributed by atoms with van der Waals surface area (Å²) in [7, 11) is 0. The number of rotatable bonds is 6. The zero-order valence-electron chi connectivity index (χ0n) is 11.4. The number of carbonyl (C=O) groups excluding carboxylic acids is 3. The first-order valence-electron chi connectivity index (χ1n) is 6.12. The highest BCUT2D eigenvalue weighted by atomic mass is 32.2. The lowest BCUT2D eigenvalue weighted by Crippen LogP contribution is -2.43. The van der Waals surface area contributed by atoms with Crippen molar-refractivity contribution in [3.05, 3.63) is 11.6 Å². The molecule has 1 aliphatic heterocycles. The van der Waals surface area contributed by atoms with Crippen molar-refractivity contribution in [2.45, 2.75) is 25.9 Å². The Balaban J connectivity index is 2.48. The maximum absolute atomic E-state index is 11.9. The molecule has 6 nitrogen and oxygen atoms in total. The molecule has 0 bridgehead atoms. The predicted octanol–water partition coefficient (Wildman–Crippen LogP) is 0.490. The van der Waals surface area contributed by atoms with Gasteiger partial charge in [0, 0.05) is 18.4 Å². The molecule has 1 rings (SSSR count). The maximum atomic E-state index is 11.9. The van der Waals surface area contributed by atoms with E-state index in [-0.39, 0.29) is 29.4 Å². The van der Waals surface area contributed by atoms with Crippen LogP contribution >= 0.6 is 23.5 Å². The topological polar surface area (TPSA) is 84.5 Å². The number of ether oxygens (including phenoxy) is 1. The van der Waals surface area contributed by atoms with Crippen LogP contribution in [0.1, 0.15) is 13.8 Å². The van der Waals surface area contributed by atoms with Crippen LogP contribution in [0.4, 0.5) is 0 Å². The normalized spacial score (nSPS) is 19.1. The zero-order chi connectivity index (χ0) is 15.1. The SMILES string of the molecule is C=C1NC(C(=O)SC[C@H](NC(C)=O)C(=O)OCC)CS1. The van der Waals surface area contributed by atoms with Gasteiger partial charge in [0.2, 0.25) is 11.0 Å². The highest BCUT2D eigenvalue weighted by Gasteiger charge is 2.28. The lowest BCUT2D eigenvalue weighted by atomic mass is 10.3. The van der Waals surface area contributed by atoms with E-state index in [2.05, 4.69) is 17.2 Å². The third kappa shape index (κ3) is 5.46. The van der Waals surface area contributed by atoms with E-state index in [0.29, 0.717) is 5.75 Å². The molecule has 0 aromatic carbocycles. The molecular weight excluding hydrogens is 300 g/mol. The van der Waals surface area contributed by atoms with Gasteiger partial charge in [0.15, 0.2) is 0 Å². The minimum Gasteiger partial charge on any atom is -0.464 e. The number of thioether (sulfide) groups is 2. The molecular formula is C12H18N2O4S2. The third-order valence-corrected chi connectivity index (χ3v) is 4.42. The minimum atomic E-state index is -0.807. The fourth-order valence-corrected chi connectivity index (χ4v) is 3.34. The van der Waals surface area contributed by atoms with E-state index in [4.69, 9.17) is 4.74 Å². The second-order valence-electron chi connectivity index (χ2n) is 4.07. The van der Waals surface area contributed by atoms with E-state index in [0.717, 1.165) is 16.8 Å². The Hall–Kier alpha value is -1.15. The molecule has 2 N–H and O–H groups in total. The highest BCUT2D eigenvalue weighted by Crippen LogP contribution is 2.23. The van der Waals surface area contributed by atoms with Crippen LogP contribution in [-0.4, -0.2) is 47.2 Å². The molecule has 8 heteroatoms.